The minimum Gasteiger partial charge on any atom is -0.508 e. The van der Waals surface area contributed by atoms with Gasteiger partial charge < -0.3 is 15.8 Å². The summed E-state index contributed by atoms with van der Waals surface area (Å²) in [7, 11) is 0. The van der Waals surface area contributed by atoms with Crippen LogP contribution in [0.3, 0.4) is 0 Å². The lowest BCUT2D eigenvalue weighted by Crippen LogP contribution is -1.96. The molecule has 0 saturated heterocycles. The number of imidazole rings is 1. The molecule has 1 heterocycles. The van der Waals surface area contributed by atoms with Crippen molar-refractivity contribution in [3.05, 3.63) is 60.3 Å². The molecule has 0 saturated carbocycles. The van der Waals surface area contributed by atoms with Crippen LogP contribution >= 0.6 is 0 Å². The fourth-order valence-electron chi connectivity index (χ4n) is 2.13. The first-order chi connectivity index (χ1) is 9.78. The van der Waals surface area contributed by atoms with Crippen LogP contribution in [0.2, 0.25) is 0 Å². The highest BCUT2D eigenvalue weighted by Crippen LogP contribution is 2.26. The van der Waals surface area contributed by atoms with Crippen molar-refractivity contribution < 1.29 is 5.11 Å². The molecule has 1 aromatic heterocycles. The van der Waals surface area contributed by atoms with Crippen LogP contribution in [0.1, 0.15) is 5.56 Å². The molecule has 4 nitrogen and oxygen atoms in total. The van der Waals surface area contributed by atoms with E-state index in [1.54, 1.807) is 12.3 Å². The van der Waals surface area contributed by atoms with E-state index in [-0.39, 0.29) is 5.75 Å². The lowest BCUT2D eigenvalue weighted by atomic mass is 10.1. The first-order valence-electron chi connectivity index (χ1n) is 6.40. The van der Waals surface area contributed by atoms with Gasteiger partial charge in [-0.25, -0.2) is 4.98 Å². The second kappa shape index (κ2) is 5.19. The van der Waals surface area contributed by atoms with Gasteiger partial charge in [-0.15, -0.1) is 0 Å². The highest BCUT2D eigenvalue weighted by atomic mass is 16.3. The number of aromatic nitrogens is 2. The predicted octanol–water partition coefficient (Wildman–Crippen LogP) is 2.91. The van der Waals surface area contributed by atoms with E-state index < -0.39 is 0 Å². The predicted molar refractivity (Wildman–Crippen MR) is 79.0 cm³/mol. The molecule has 0 fully saturated rings. The zero-order valence-corrected chi connectivity index (χ0v) is 10.9. The summed E-state index contributed by atoms with van der Waals surface area (Å²) in [5.41, 5.74) is 9.23. The summed E-state index contributed by atoms with van der Waals surface area (Å²) in [6.07, 6.45) is 1.79. The number of nitrogens with one attached hydrogen (secondary N) is 1. The third-order valence-electron chi connectivity index (χ3n) is 3.23. The first-order valence-corrected chi connectivity index (χ1v) is 6.40. The highest BCUT2D eigenvalue weighted by molar-refractivity contribution is 5.65. The molecule has 0 aliphatic rings. The third-order valence-corrected chi connectivity index (χ3v) is 3.23. The van der Waals surface area contributed by atoms with Gasteiger partial charge in [-0.05, 0) is 18.2 Å². The van der Waals surface area contributed by atoms with Crippen molar-refractivity contribution in [2.75, 3.05) is 0 Å². The van der Waals surface area contributed by atoms with Crippen LogP contribution in [0.15, 0.2) is 54.7 Å². The third kappa shape index (κ3) is 2.29. The fourth-order valence-corrected chi connectivity index (χ4v) is 2.13. The lowest BCUT2D eigenvalue weighted by molar-refractivity contribution is 0.468. The number of hydrogen-bond acceptors (Lipinski definition) is 3. The molecule has 100 valence electrons. The molecule has 0 unspecified atom stereocenters. The Hall–Kier alpha value is -2.59. The maximum absolute atomic E-state index is 9.66. The van der Waals surface area contributed by atoms with E-state index in [0.29, 0.717) is 6.54 Å². The molecule has 0 bridgehead atoms. The molecule has 0 aliphatic heterocycles. The Labute approximate surface area is 116 Å². The van der Waals surface area contributed by atoms with E-state index in [9.17, 15) is 5.11 Å². The fraction of sp³-hybridized carbons (Fsp3) is 0.0625. The molecular formula is C16H15N3O. The molecule has 0 amide bonds. The molecule has 0 spiro atoms. The van der Waals surface area contributed by atoms with Gasteiger partial charge in [-0.3, -0.25) is 0 Å². The average molecular weight is 265 g/mol. The Bertz CT molecular complexity index is 720. The van der Waals surface area contributed by atoms with Crippen LogP contribution in [0.4, 0.5) is 0 Å². The number of phenolic OH excluding ortho intramolecular Hbond substituents is 1. The number of aromatic amines is 1. The van der Waals surface area contributed by atoms with E-state index in [2.05, 4.69) is 9.97 Å². The van der Waals surface area contributed by atoms with Crippen molar-refractivity contribution in [3.8, 4) is 28.4 Å². The zero-order valence-electron chi connectivity index (χ0n) is 10.9. The van der Waals surface area contributed by atoms with E-state index >= 15 is 0 Å². The molecular weight excluding hydrogens is 250 g/mol. The van der Waals surface area contributed by atoms with Gasteiger partial charge >= 0.3 is 0 Å². The summed E-state index contributed by atoms with van der Waals surface area (Å²) < 4.78 is 0. The second-order valence-electron chi connectivity index (χ2n) is 4.56. The van der Waals surface area contributed by atoms with Crippen LogP contribution in [-0.4, -0.2) is 15.1 Å². The number of aromatic hydroxyl groups is 1. The zero-order chi connectivity index (χ0) is 13.9. The van der Waals surface area contributed by atoms with Gasteiger partial charge in [0.25, 0.3) is 0 Å². The summed E-state index contributed by atoms with van der Waals surface area (Å²) >= 11 is 0. The van der Waals surface area contributed by atoms with E-state index in [4.69, 9.17) is 5.73 Å². The quantitative estimate of drug-likeness (QED) is 0.681. The Morgan fingerprint density at radius 1 is 1.05 bits per heavy atom. The van der Waals surface area contributed by atoms with Gasteiger partial charge in [0.2, 0.25) is 0 Å². The maximum atomic E-state index is 9.66. The smallest absolute Gasteiger partial charge is 0.137 e. The van der Waals surface area contributed by atoms with Crippen molar-refractivity contribution in [2.45, 2.75) is 6.54 Å². The van der Waals surface area contributed by atoms with Crippen molar-refractivity contribution in [3.63, 3.8) is 0 Å². The van der Waals surface area contributed by atoms with E-state index in [0.717, 1.165) is 28.2 Å². The largest absolute Gasteiger partial charge is 0.508 e. The van der Waals surface area contributed by atoms with Gasteiger partial charge in [-0.2, -0.15) is 0 Å². The molecule has 20 heavy (non-hydrogen) atoms. The lowest BCUT2D eigenvalue weighted by Gasteiger charge is -2.04. The maximum Gasteiger partial charge on any atom is 0.137 e. The van der Waals surface area contributed by atoms with Crippen LogP contribution < -0.4 is 5.73 Å². The van der Waals surface area contributed by atoms with Gasteiger partial charge in [0.1, 0.15) is 11.6 Å². The number of hydrogen-bond donors (Lipinski definition) is 3. The number of benzene rings is 2. The summed E-state index contributed by atoms with van der Waals surface area (Å²) in [4.78, 5) is 7.67. The minimum atomic E-state index is 0.221. The highest BCUT2D eigenvalue weighted by Gasteiger charge is 2.07. The number of rotatable bonds is 3. The number of H-pyrrole nitrogens is 1. The molecule has 2 aromatic carbocycles. The molecule has 4 heteroatoms. The van der Waals surface area contributed by atoms with Crippen molar-refractivity contribution >= 4 is 0 Å². The first kappa shape index (κ1) is 12.4. The average Bonchev–Trinajstić information content (AvgIpc) is 2.98. The van der Waals surface area contributed by atoms with E-state index in [1.807, 2.05) is 42.5 Å². The SMILES string of the molecule is NCc1cc(-c2cnc(-c3ccccc3)[nH]2)ccc1O. The van der Waals surface area contributed by atoms with Crippen molar-refractivity contribution in [1.82, 2.24) is 9.97 Å². The topological polar surface area (TPSA) is 74.9 Å². The van der Waals surface area contributed by atoms with Crippen molar-refractivity contribution in [2.24, 2.45) is 5.73 Å². The van der Waals surface area contributed by atoms with Gasteiger partial charge in [0, 0.05) is 23.2 Å². The molecule has 3 aromatic rings. The van der Waals surface area contributed by atoms with Crippen LogP contribution in [0.5, 0.6) is 5.75 Å². The molecule has 4 N–H and O–H groups in total. The van der Waals surface area contributed by atoms with E-state index in [1.165, 1.54) is 0 Å². The monoisotopic (exact) mass is 265 g/mol. The Morgan fingerprint density at radius 3 is 2.60 bits per heavy atom. The molecule has 0 radical (unpaired) electrons. The Kier molecular flexibility index (Phi) is 3.23. The van der Waals surface area contributed by atoms with Crippen molar-refractivity contribution in [1.29, 1.82) is 0 Å². The van der Waals surface area contributed by atoms with Crippen LogP contribution in [0.25, 0.3) is 22.6 Å². The summed E-state index contributed by atoms with van der Waals surface area (Å²) in [6.45, 7) is 0.305. The van der Waals surface area contributed by atoms with Gasteiger partial charge in [0.15, 0.2) is 0 Å². The Morgan fingerprint density at radius 2 is 1.85 bits per heavy atom. The standard InChI is InChI=1S/C16H15N3O/c17-9-13-8-12(6-7-15(13)20)14-10-18-16(19-14)11-4-2-1-3-5-11/h1-8,10,20H,9,17H2,(H,18,19). The summed E-state index contributed by atoms with van der Waals surface area (Å²) in [5, 5.41) is 9.66. The normalized spacial score (nSPS) is 10.7. The second-order valence-corrected chi connectivity index (χ2v) is 4.56. The summed E-state index contributed by atoms with van der Waals surface area (Å²) in [6, 6.07) is 15.3. The molecule has 3 rings (SSSR count). The molecule has 0 aliphatic carbocycles. The minimum absolute atomic E-state index is 0.221. The summed E-state index contributed by atoms with van der Waals surface area (Å²) in [5.74, 6) is 1.04. The van der Waals surface area contributed by atoms with Gasteiger partial charge in [-0.1, -0.05) is 30.3 Å². The van der Waals surface area contributed by atoms with Crippen LogP contribution in [0, 0.1) is 0 Å². The van der Waals surface area contributed by atoms with Crippen LogP contribution in [-0.2, 0) is 6.54 Å². The Balaban J connectivity index is 1.98. The number of nitrogens with zero attached hydrogens (tertiary/aromatic N) is 1. The number of nitrogens with two attached hydrogens (primary N) is 1. The number of phenols is 1. The molecule has 0 atom stereocenters. The van der Waals surface area contributed by atoms with Gasteiger partial charge in [0.05, 0.1) is 11.9 Å².